The Labute approximate surface area is 164 Å². The number of nitrogens with zero attached hydrogens (tertiary/aromatic N) is 2. The topological polar surface area (TPSA) is 52.7 Å². The van der Waals surface area contributed by atoms with Crippen LogP contribution in [0.15, 0.2) is 54.6 Å². The number of rotatable bonds is 6. The maximum atomic E-state index is 12.7. The monoisotopic (exact) mass is 385 g/mol. The number of halogens is 1. The second-order valence-corrected chi connectivity index (χ2v) is 7.28. The van der Waals surface area contributed by atoms with Gasteiger partial charge in [-0.2, -0.15) is 0 Å². The van der Waals surface area contributed by atoms with Crippen molar-refractivity contribution in [3.63, 3.8) is 0 Å². The lowest BCUT2D eigenvalue weighted by atomic mass is 10.1. The first-order valence-corrected chi connectivity index (χ1v) is 9.49. The Kier molecular flexibility index (Phi) is 6.35. The normalized spacial score (nSPS) is 14.9. The number of hydrogen-bond donors (Lipinski definition) is 1. The van der Waals surface area contributed by atoms with Gasteiger partial charge in [-0.1, -0.05) is 54.1 Å². The molecule has 1 fully saturated rings. The smallest absolute Gasteiger partial charge is 0.317 e. The molecular formula is C21H24ClN3O2. The molecule has 0 radical (unpaired) electrons. The molecule has 0 aliphatic carbocycles. The number of urea groups is 1. The first-order chi connectivity index (χ1) is 13.0. The molecule has 5 nitrogen and oxygen atoms in total. The molecule has 1 atom stereocenters. The molecule has 27 heavy (non-hydrogen) atoms. The highest BCUT2D eigenvalue weighted by Crippen LogP contribution is 2.19. The van der Waals surface area contributed by atoms with E-state index in [0.717, 1.165) is 24.1 Å². The van der Waals surface area contributed by atoms with Gasteiger partial charge in [-0.25, -0.2) is 4.79 Å². The van der Waals surface area contributed by atoms with Crippen LogP contribution in [0.5, 0.6) is 0 Å². The lowest BCUT2D eigenvalue weighted by Crippen LogP contribution is -2.43. The second-order valence-electron chi connectivity index (χ2n) is 6.84. The van der Waals surface area contributed by atoms with Gasteiger partial charge in [-0.15, -0.1) is 0 Å². The van der Waals surface area contributed by atoms with Crippen LogP contribution >= 0.6 is 11.6 Å². The first kappa shape index (κ1) is 19.2. The predicted molar refractivity (Wildman–Crippen MR) is 106 cm³/mol. The number of nitrogens with one attached hydrogen (secondary N) is 1. The Morgan fingerprint density at radius 1 is 1.22 bits per heavy atom. The van der Waals surface area contributed by atoms with Gasteiger partial charge in [0, 0.05) is 38.1 Å². The standard InChI is InChI=1S/C21H24ClN3O2/c1-24(14-16-7-5-10-18(22)13-16)21(27)23-19(17-8-3-2-4-9-17)15-25-12-6-11-20(25)26/h2-5,7-10,13,19H,6,11-12,14-15H2,1H3,(H,23,27). The Morgan fingerprint density at radius 2 is 2.00 bits per heavy atom. The third-order valence-electron chi connectivity index (χ3n) is 4.73. The quantitative estimate of drug-likeness (QED) is 0.821. The van der Waals surface area contributed by atoms with E-state index in [0.29, 0.717) is 24.5 Å². The summed E-state index contributed by atoms with van der Waals surface area (Å²) in [7, 11) is 1.75. The van der Waals surface area contributed by atoms with E-state index in [4.69, 9.17) is 11.6 Å². The second kappa shape index (κ2) is 8.91. The van der Waals surface area contributed by atoms with Crippen LogP contribution in [0.3, 0.4) is 0 Å². The highest BCUT2D eigenvalue weighted by molar-refractivity contribution is 6.30. The molecule has 1 saturated heterocycles. The minimum Gasteiger partial charge on any atom is -0.340 e. The summed E-state index contributed by atoms with van der Waals surface area (Å²) in [6.45, 7) is 1.69. The number of amides is 3. The highest BCUT2D eigenvalue weighted by Gasteiger charge is 2.26. The zero-order chi connectivity index (χ0) is 19.2. The molecule has 0 aromatic heterocycles. The molecule has 1 aliphatic heterocycles. The van der Waals surface area contributed by atoms with Crippen LogP contribution in [0.2, 0.25) is 5.02 Å². The Morgan fingerprint density at radius 3 is 2.67 bits per heavy atom. The third kappa shape index (κ3) is 5.23. The summed E-state index contributed by atoms with van der Waals surface area (Å²) in [6.07, 6.45) is 1.47. The van der Waals surface area contributed by atoms with Crippen molar-refractivity contribution in [2.75, 3.05) is 20.1 Å². The van der Waals surface area contributed by atoms with Gasteiger partial charge in [-0.3, -0.25) is 4.79 Å². The van der Waals surface area contributed by atoms with Crippen molar-refractivity contribution in [2.24, 2.45) is 0 Å². The van der Waals surface area contributed by atoms with E-state index < -0.39 is 0 Å². The summed E-state index contributed by atoms with van der Waals surface area (Å²) in [5.74, 6) is 0.150. The van der Waals surface area contributed by atoms with Gasteiger partial charge in [0.25, 0.3) is 0 Å². The van der Waals surface area contributed by atoms with Crippen LogP contribution in [-0.2, 0) is 11.3 Å². The van der Waals surface area contributed by atoms with Crippen molar-refractivity contribution >= 4 is 23.5 Å². The molecule has 0 saturated carbocycles. The number of carbonyl (C=O) groups is 2. The molecule has 1 aliphatic rings. The van der Waals surface area contributed by atoms with Crippen LogP contribution in [0.4, 0.5) is 4.79 Å². The van der Waals surface area contributed by atoms with Gasteiger partial charge in [-0.05, 0) is 29.7 Å². The number of likely N-dealkylation sites (tertiary alicyclic amines) is 1. The molecule has 6 heteroatoms. The molecule has 3 amide bonds. The molecule has 2 aromatic carbocycles. The summed E-state index contributed by atoms with van der Waals surface area (Å²) < 4.78 is 0. The van der Waals surface area contributed by atoms with E-state index in [1.807, 2.05) is 59.5 Å². The molecule has 1 unspecified atom stereocenters. The summed E-state index contributed by atoms with van der Waals surface area (Å²) in [5, 5.41) is 3.72. The molecule has 0 bridgehead atoms. The molecule has 0 spiro atoms. The zero-order valence-corrected chi connectivity index (χ0v) is 16.2. The van der Waals surface area contributed by atoms with E-state index in [-0.39, 0.29) is 18.0 Å². The fourth-order valence-electron chi connectivity index (χ4n) is 3.28. The molecule has 1 heterocycles. The lowest BCUT2D eigenvalue weighted by molar-refractivity contribution is -0.128. The SMILES string of the molecule is CN(Cc1cccc(Cl)c1)C(=O)NC(CN1CCCC1=O)c1ccccc1. The number of carbonyl (C=O) groups excluding carboxylic acids is 2. The maximum absolute atomic E-state index is 12.7. The predicted octanol–water partition coefficient (Wildman–Crippen LogP) is 3.85. The van der Waals surface area contributed by atoms with Gasteiger partial charge >= 0.3 is 6.03 Å². The molecule has 1 N–H and O–H groups in total. The van der Waals surface area contributed by atoms with Gasteiger partial charge in [0.1, 0.15) is 0 Å². The van der Waals surface area contributed by atoms with E-state index in [1.165, 1.54) is 0 Å². The van der Waals surface area contributed by atoms with Crippen LogP contribution in [-0.4, -0.2) is 41.9 Å². The molecule has 3 rings (SSSR count). The summed E-state index contributed by atoms with van der Waals surface area (Å²) in [5.41, 5.74) is 1.95. The maximum Gasteiger partial charge on any atom is 0.317 e. The summed E-state index contributed by atoms with van der Waals surface area (Å²) >= 11 is 6.02. The van der Waals surface area contributed by atoms with E-state index in [1.54, 1.807) is 11.9 Å². The van der Waals surface area contributed by atoms with Crippen molar-refractivity contribution in [3.05, 3.63) is 70.7 Å². The largest absolute Gasteiger partial charge is 0.340 e. The van der Waals surface area contributed by atoms with Gasteiger partial charge in [0.15, 0.2) is 0 Å². The van der Waals surface area contributed by atoms with E-state index in [2.05, 4.69) is 5.32 Å². The van der Waals surface area contributed by atoms with Crippen LogP contribution in [0, 0.1) is 0 Å². The fraction of sp³-hybridized carbons (Fsp3) is 0.333. The van der Waals surface area contributed by atoms with Crippen molar-refractivity contribution in [1.29, 1.82) is 0 Å². The average Bonchev–Trinajstić information content (AvgIpc) is 3.06. The van der Waals surface area contributed by atoms with Crippen molar-refractivity contribution < 1.29 is 9.59 Å². The summed E-state index contributed by atoms with van der Waals surface area (Å²) in [6, 6.07) is 16.8. The van der Waals surface area contributed by atoms with Crippen molar-refractivity contribution in [1.82, 2.24) is 15.1 Å². The Balaban J connectivity index is 1.68. The zero-order valence-electron chi connectivity index (χ0n) is 15.4. The number of hydrogen-bond acceptors (Lipinski definition) is 2. The number of benzene rings is 2. The average molecular weight is 386 g/mol. The Bertz CT molecular complexity index is 797. The van der Waals surface area contributed by atoms with E-state index >= 15 is 0 Å². The summed E-state index contributed by atoms with van der Waals surface area (Å²) in [4.78, 5) is 28.2. The van der Waals surface area contributed by atoms with Crippen molar-refractivity contribution in [2.45, 2.75) is 25.4 Å². The first-order valence-electron chi connectivity index (χ1n) is 9.12. The van der Waals surface area contributed by atoms with Gasteiger partial charge in [0.2, 0.25) is 5.91 Å². The van der Waals surface area contributed by atoms with Crippen LogP contribution in [0.1, 0.15) is 30.0 Å². The van der Waals surface area contributed by atoms with Gasteiger partial charge < -0.3 is 15.1 Å². The highest BCUT2D eigenvalue weighted by atomic mass is 35.5. The van der Waals surface area contributed by atoms with Crippen molar-refractivity contribution in [3.8, 4) is 0 Å². The molecule has 142 valence electrons. The third-order valence-corrected chi connectivity index (χ3v) is 4.96. The van der Waals surface area contributed by atoms with Crippen LogP contribution in [0.25, 0.3) is 0 Å². The Hall–Kier alpha value is -2.53. The molecule has 2 aromatic rings. The minimum atomic E-state index is -0.248. The van der Waals surface area contributed by atoms with E-state index in [9.17, 15) is 9.59 Å². The van der Waals surface area contributed by atoms with Gasteiger partial charge in [0.05, 0.1) is 6.04 Å². The molecular weight excluding hydrogens is 362 g/mol. The fourth-order valence-corrected chi connectivity index (χ4v) is 3.49. The minimum absolute atomic E-state index is 0.150. The van der Waals surface area contributed by atoms with Crippen LogP contribution < -0.4 is 5.32 Å². The lowest BCUT2D eigenvalue weighted by Gasteiger charge is -2.27.